The van der Waals surface area contributed by atoms with Gasteiger partial charge in [0.25, 0.3) is 5.91 Å². The normalized spacial score (nSPS) is 13.6. The maximum atomic E-state index is 12.1. The van der Waals surface area contributed by atoms with Crippen LogP contribution in [-0.4, -0.2) is 17.6 Å². The molecule has 0 saturated carbocycles. The molecule has 3 N–H and O–H groups in total. The first-order chi connectivity index (χ1) is 13.5. The Balaban J connectivity index is 1.92. The van der Waals surface area contributed by atoms with E-state index in [4.69, 9.17) is 10.3 Å². The van der Waals surface area contributed by atoms with Crippen molar-refractivity contribution in [2.45, 2.75) is 39.7 Å². The number of primary amides is 1. The third-order valence-electron chi connectivity index (χ3n) is 5.48. The van der Waals surface area contributed by atoms with Gasteiger partial charge in [-0.15, -0.1) is 0 Å². The highest BCUT2D eigenvalue weighted by atomic mass is 16.5. The number of carbonyl (C=O) groups is 1. The van der Waals surface area contributed by atoms with Crippen LogP contribution in [0, 0.1) is 6.92 Å². The molecule has 0 unspecified atom stereocenters. The Kier molecular flexibility index (Phi) is 4.77. The van der Waals surface area contributed by atoms with Gasteiger partial charge in [-0.3, -0.25) is 4.79 Å². The van der Waals surface area contributed by atoms with E-state index in [0.29, 0.717) is 17.2 Å². The lowest BCUT2D eigenvalue weighted by molar-refractivity contribution is 0.0992. The zero-order valence-corrected chi connectivity index (χ0v) is 16.5. The van der Waals surface area contributed by atoms with Gasteiger partial charge in [0, 0.05) is 12.1 Å². The Bertz CT molecular complexity index is 1050. The first-order valence-corrected chi connectivity index (χ1v) is 9.69. The predicted molar refractivity (Wildman–Crippen MR) is 110 cm³/mol. The summed E-state index contributed by atoms with van der Waals surface area (Å²) in [6.07, 6.45) is 0.956. The number of nitrogens with two attached hydrogens (primary N) is 1. The molecule has 0 atom stereocenters. The number of rotatable bonds is 4. The Hall–Kier alpha value is -2.92. The summed E-state index contributed by atoms with van der Waals surface area (Å²) in [6.45, 7) is 8.16. The molecule has 0 fully saturated rings. The molecule has 0 radical (unpaired) electrons. The third-order valence-corrected chi connectivity index (χ3v) is 5.48. The van der Waals surface area contributed by atoms with Crippen LogP contribution < -0.4 is 11.1 Å². The molecule has 1 aromatic heterocycles. The highest BCUT2D eigenvalue weighted by Crippen LogP contribution is 2.38. The van der Waals surface area contributed by atoms with Gasteiger partial charge in [-0.1, -0.05) is 49.3 Å². The van der Waals surface area contributed by atoms with E-state index < -0.39 is 5.91 Å². The molecule has 0 saturated heterocycles. The van der Waals surface area contributed by atoms with E-state index >= 15 is 0 Å². The standard InChI is InChI=1S/C23H25N3O2/c1-13(2)15-5-4-14(3)19(11-15)22-20(21(23(24)27)26-28-22)17-6-7-18-12-25-9-8-16(18)10-17/h4-7,10-11,13,25H,8-9,12H2,1-3H3,(H2,24,27). The first kappa shape index (κ1) is 18.4. The van der Waals surface area contributed by atoms with Crippen LogP contribution in [0.1, 0.15) is 52.5 Å². The molecule has 1 amide bonds. The van der Waals surface area contributed by atoms with Gasteiger partial charge >= 0.3 is 0 Å². The monoisotopic (exact) mass is 375 g/mol. The first-order valence-electron chi connectivity index (χ1n) is 9.69. The van der Waals surface area contributed by atoms with Crippen molar-refractivity contribution < 1.29 is 9.32 Å². The van der Waals surface area contributed by atoms with Crippen molar-refractivity contribution in [3.63, 3.8) is 0 Å². The summed E-state index contributed by atoms with van der Waals surface area (Å²) in [5.74, 6) is 0.405. The van der Waals surface area contributed by atoms with Gasteiger partial charge in [-0.05, 0) is 59.7 Å². The van der Waals surface area contributed by atoms with Crippen LogP contribution in [0.5, 0.6) is 0 Å². The molecule has 4 rings (SSSR count). The van der Waals surface area contributed by atoms with Gasteiger partial charge in [0.1, 0.15) is 0 Å². The second-order valence-corrected chi connectivity index (χ2v) is 7.74. The number of hydrogen-bond donors (Lipinski definition) is 2. The Morgan fingerprint density at radius 1 is 1.18 bits per heavy atom. The van der Waals surface area contributed by atoms with Gasteiger partial charge in [-0.2, -0.15) is 0 Å². The molecule has 0 bridgehead atoms. The minimum absolute atomic E-state index is 0.179. The fourth-order valence-electron chi connectivity index (χ4n) is 3.79. The molecule has 1 aliphatic rings. The minimum atomic E-state index is -0.581. The summed E-state index contributed by atoms with van der Waals surface area (Å²) in [7, 11) is 0. The molecule has 3 aromatic rings. The van der Waals surface area contributed by atoms with Gasteiger partial charge in [0.15, 0.2) is 11.5 Å². The molecule has 144 valence electrons. The van der Waals surface area contributed by atoms with Gasteiger partial charge in [-0.25, -0.2) is 0 Å². The zero-order valence-electron chi connectivity index (χ0n) is 16.5. The van der Waals surface area contributed by atoms with Gasteiger partial charge in [0.2, 0.25) is 0 Å². The summed E-state index contributed by atoms with van der Waals surface area (Å²) in [5, 5.41) is 7.42. The van der Waals surface area contributed by atoms with Crippen molar-refractivity contribution in [1.82, 2.24) is 10.5 Å². The molecule has 2 aromatic carbocycles. The minimum Gasteiger partial charge on any atom is -0.364 e. The van der Waals surface area contributed by atoms with E-state index in [0.717, 1.165) is 36.2 Å². The van der Waals surface area contributed by atoms with Gasteiger partial charge in [0.05, 0.1) is 5.56 Å². The highest BCUT2D eigenvalue weighted by molar-refractivity contribution is 6.01. The van der Waals surface area contributed by atoms with Crippen molar-refractivity contribution in [3.8, 4) is 22.5 Å². The summed E-state index contributed by atoms with van der Waals surface area (Å²) < 4.78 is 5.69. The molecule has 5 heteroatoms. The molecule has 0 spiro atoms. The summed E-state index contributed by atoms with van der Waals surface area (Å²) in [4.78, 5) is 12.1. The topological polar surface area (TPSA) is 81.2 Å². The number of aryl methyl sites for hydroxylation is 1. The summed E-state index contributed by atoms with van der Waals surface area (Å²) in [5.41, 5.74) is 13.2. The quantitative estimate of drug-likeness (QED) is 0.717. The van der Waals surface area contributed by atoms with Crippen molar-refractivity contribution in [3.05, 3.63) is 64.3 Å². The number of hydrogen-bond acceptors (Lipinski definition) is 4. The maximum absolute atomic E-state index is 12.1. The molecular weight excluding hydrogens is 350 g/mol. The smallest absolute Gasteiger partial charge is 0.271 e. The zero-order chi connectivity index (χ0) is 19.8. The van der Waals surface area contributed by atoms with Crippen LogP contribution in [0.15, 0.2) is 40.9 Å². The van der Waals surface area contributed by atoms with Gasteiger partial charge < -0.3 is 15.6 Å². The van der Waals surface area contributed by atoms with Crippen molar-refractivity contribution in [2.24, 2.45) is 5.73 Å². The van der Waals surface area contributed by atoms with E-state index in [1.807, 2.05) is 13.0 Å². The average Bonchev–Trinajstić information content (AvgIpc) is 3.13. The van der Waals surface area contributed by atoms with Crippen molar-refractivity contribution in [2.75, 3.05) is 6.54 Å². The number of fused-ring (bicyclic) bond motifs is 1. The largest absolute Gasteiger partial charge is 0.364 e. The lowest BCUT2D eigenvalue weighted by Crippen LogP contribution is -2.23. The average molecular weight is 375 g/mol. The second-order valence-electron chi connectivity index (χ2n) is 7.74. The van der Waals surface area contributed by atoms with Crippen LogP contribution in [0.25, 0.3) is 22.5 Å². The molecule has 0 aliphatic carbocycles. The summed E-state index contributed by atoms with van der Waals surface area (Å²) in [6, 6.07) is 12.6. The van der Waals surface area contributed by atoms with E-state index in [-0.39, 0.29) is 5.69 Å². The number of nitrogens with one attached hydrogen (secondary N) is 1. The van der Waals surface area contributed by atoms with E-state index in [1.54, 1.807) is 0 Å². The van der Waals surface area contributed by atoms with Crippen molar-refractivity contribution >= 4 is 5.91 Å². The SMILES string of the molecule is Cc1ccc(C(C)C)cc1-c1onc(C(N)=O)c1-c1ccc2c(c1)CCNC2. The number of benzene rings is 2. The predicted octanol–water partition coefficient (Wildman–Crippen LogP) is 4.19. The van der Waals surface area contributed by atoms with Crippen LogP contribution in [0.4, 0.5) is 0 Å². The van der Waals surface area contributed by atoms with Crippen LogP contribution in [-0.2, 0) is 13.0 Å². The number of amides is 1. The fraction of sp³-hybridized carbons (Fsp3) is 0.304. The molecule has 28 heavy (non-hydrogen) atoms. The summed E-state index contributed by atoms with van der Waals surface area (Å²) >= 11 is 0. The van der Waals surface area contributed by atoms with Crippen molar-refractivity contribution in [1.29, 1.82) is 0 Å². The maximum Gasteiger partial charge on any atom is 0.271 e. The van der Waals surface area contributed by atoms with Crippen LogP contribution in [0.3, 0.4) is 0 Å². The lowest BCUT2D eigenvalue weighted by Gasteiger charge is -2.18. The molecule has 5 nitrogen and oxygen atoms in total. The van der Waals surface area contributed by atoms with Crippen LogP contribution >= 0.6 is 0 Å². The lowest BCUT2D eigenvalue weighted by atomic mass is 9.90. The molecule has 2 heterocycles. The molecular formula is C23H25N3O2. The number of nitrogens with zero attached hydrogens (tertiary/aromatic N) is 1. The second kappa shape index (κ2) is 7.24. The Labute approximate surface area is 164 Å². The Morgan fingerprint density at radius 3 is 2.75 bits per heavy atom. The van der Waals surface area contributed by atoms with E-state index in [2.05, 4.69) is 54.7 Å². The number of carbonyl (C=O) groups excluding carboxylic acids is 1. The highest BCUT2D eigenvalue weighted by Gasteiger charge is 2.25. The van der Waals surface area contributed by atoms with E-state index in [1.165, 1.54) is 16.7 Å². The Morgan fingerprint density at radius 2 is 2.00 bits per heavy atom. The third kappa shape index (κ3) is 3.22. The fourth-order valence-corrected chi connectivity index (χ4v) is 3.79. The van der Waals surface area contributed by atoms with E-state index in [9.17, 15) is 4.79 Å². The molecule has 1 aliphatic heterocycles. The number of aromatic nitrogens is 1. The van der Waals surface area contributed by atoms with Crippen LogP contribution in [0.2, 0.25) is 0 Å².